The van der Waals surface area contributed by atoms with Crippen LogP contribution in [0.2, 0.25) is 0 Å². The summed E-state index contributed by atoms with van der Waals surface area (Å²) in [7, 11) is 0. The van der Waals surface area contributed by atoms with Crippen molar-refractivity contribution in [3.63, 3.8) is 0 Å². The Kier molecular flexibility index (Phi) is 5.64. The number of hydrazine groups is 1. The fourth-order valence-electron chi connectivity index (χ4n) is 2.58. The highest BCUT2D eigenvalue weighted by Crippen LogP contribution is 2.28. The molecule has 1 fully saturated rings. The van der Waals surface area contributed by atoms with E-state index in [-0.39, 0.29) is 6.17 Å². The Labute approximate surface area is 126 Å². The second kappa shape index (κ2) is 7.26. The van der Waals surface area contributed by atoms with Crippen molar-refractivity contribution in [3.05, 3.63) is 24.1 Å². The summed E-state index contributed by atoms with van der Waals surface area (Å²) in [5.74, 6) is 0.530. The van der Waals surface area contributed by atoms with Crippen LogP contribution in [0.25, 0.3) is 0 Å². The molecule has 0 bridgehead atoms. The van der Waals surface area contributed by atoms with Crippen LogP contribution in [0, 0.1) is 0 Å². The summed E-state index contributed by atoms with van der Waals surface area (Å²) in [6, 6.07) is 0.376. The monoisotopic (exact) mass is 297 g/mol. The highest BCUT2D eigenvalue weighted by atomic mass is 16.5. The quantitative estimate of drug-likeness (QED) is 0.362. The summed E-state index contributed by atoms with van der Waals surface area (Å²) in [5.41, 5.74) is 7.36. The van der Waals surface area contributed by atoms with Crippen LogP contribution >= 0.6 is 0 Å². The first-order valence-corrected chi connectivity index (χ1v) is 7.65. The van der Waals surface area contributed by atoms with E-state index in [4.69, 9.17) is 4.74 Å². The van der Waals surface area contributed by atoms with Gasteiger partial charge in [0.15, 0.2) is 6.10 Å². The SMILES string of the molecule is C=C(OC1C(O)CCC1O)C1=CNC(NNC(C)C)CC1. The van der Waals surface area contributed by atoms with Crippen LogP contribution in [0.3, 0.4) is 0 Å². The van der Waals surface area contributed by atoms with E-state index in [0.29, 0.717) is 24.6 Å². The number of hydrogen-bond acceptors (Lipinski definition) is 6. The Morgan fingerprint density at radius 2 is 2.00 bits per heavy atom. The molecule has 1 saturated carbocycles. The van der Waals surface area contributed by atoms with E-state index in [0.717, 1.165) is 18.4 Å². The predicted molar refractivity (Wildman–Crippen MR) is 80.9 cm³/mol. The predicted octanol–water partition coefficient (Wildman–Crippen LogP) is 0.497. The van der Waals surface area contributed by atoms with Crippen molar-refractivity contribution in [2.45, 2.75) is 70.1 Å². The van der Waals surface area contributed by atoms with Crippen molar-refractivity contribution >= 4 is 0 Å². The van der Waals surface area contributed by atoms with Crippen LogP contribution in [-0.2, 0) is 4.74 Å². The summed E-state index contributed by atoms with van der Waals surface area (Å²) < 4.78 is 5.67. The van der Waals surface area contributed by atoms with Gasteiger partial charge in [0, 0.05) is 17.8 Å². The van der Waals surface area contributed by atoms with Gasteiger partial charge in [-0.1, -0.05) is 6.58 Å². The molecule has 0 aromatic heterocycles. The number of ether oxygens (including phenoxy) is 1. The molecular formula is C15H27N3O3. The molecule has 0 saturated heterocycles. The first-order chi connectivity index (χ1) is 9.97. The Balaban J connectivity index is 1.81. The zero-order chi connectivity index (χ0) is 15.4. The fraction of sp³-hybridized carbons (Fsp3) is 0.733. The van der Waals surface area contributed by atoms with Gasteiger partial charge in [0.1, 0.15) is 5.76 Å². The smallest absolute Gasteiger partial charge is 0.150 e. The molecule has 0 aromatic rings. The number of allylic oxidation sites excluding steroid dienone is 1. The number of nitrogens with one attached hydrogen (secondary N) is 3. The number of hydrogen-bond donors (Lipinski definition) is 5. The largest absolute Gasteiger partial charge is 0.485 e. The molecule has 0 radical (unpaired) electrons. The average molecular weight is 297 g/mol. The van der Waals surface area contributed by atoms with Crippen molar-refractivity contribution in [2.24, 2.45) is 0 Å². The van der Waals surface area contributed by atoms with Crippen LogP contribution in [0.5, 0.6) is 0 Å². The number of rotatable bonds is 6. The van der Waals surface area contributed by atoms with Gasteiger partial charge in [-0.25, -0.2) is 5.43 Å². The molecule has 1 heterocycles. The average Bonchev–Trinajstić information content (AvgIpc) is 2.77. The molecular weight excluding hydrogens is 270 g/mol. The van der Waals surface area contributed by atoms with E-state index in [2.05, 4.69) is 36.6 Å². The molecule has 0 amide bonds. The van der Waals surface area contributed by atoms with Crippen molar-refractivity contribution in [2.75, 3.05) is 0 Å². The van der Waals surface area contributed by atoms with Gasteiger partial charge in [-0.3, -0.25) is 5.43 Å². The lowest BCUT2D eigenvalue weighted by atomic mass is 10.1. The molecule has 3 unspecified atom stereocenters. The van der Waals surface area contributed by atoms with Crippen LogP contribution in [-0.4, -0.2) is 40.7 Å². The van der Waals surface area contributed by atoms with Gasteiger partial charge < -0.3 is 20.3 Å². The molecule has 1 aliphatic carbocycles. The first-order valence-electron chi connectivity index (χ1n) is 7.65. The van der Waals surface area contributed by atoms with E-state index in [9.17, 15) is 10.2 Å². The van der Waals surface area contributed by atoms with E-state index in [1.54, 1.807) is 0 Å². The van der Waals surface area contributed by atoms with Crippen molar-refractivity contribution in [1.29, 1.82) is 0 Å². The van der Waals surface area contributed by atoms with Crippen LogP contribution in [0.1, 0.15) is 39.5 Å². The molecule has 120 valence electrons. The third kappa shape index (κ3) is 4.44. The van der Waals surface area contributed by atoms with E-state index < -0.39 is 18.3 Å². The lowest BCUT2D eigenvalue weighted by Gasteiger charge is -2.28. The van der Waals surface area contributed by atoms with Gasteiger partial charge in [-0.05, 0) is 39.5 Å². The Hall–Kier alpha value is -1.08. The van der Waals surface area contributed by atoms with Crippen LogP contribution < -0.4 is 16.2 Å². The molecule has 1 aliphatic heterocycles. The highest BCUT2D eigenvalue weighted by molar-refractivity contribution is 5.25. The maximum Gasteiger partial charge on any atom is 0.150 e. The third-order valence-corrected chi connectivity index (χ3v) is 3.86. The van der Waals surface area contributed by atoms with Crippen LogP contribution in [0.15, 0.2) is 24.1 Å². The minimum absolute atomic E-state index is 0.173. The minimum Gasteiger partial charge on any atom is -0.485 e. The zero-order valence-corrected chi connectivity index (χ0v) is 12.8. The van der Waals surface area contributed by atoms with Gasteiger partial charge in [0.05, 0.1) is 18.4 Å². The van der Waals surface area contributed by atoms with Gasteiger partial charge >= 0.3 is 0 Å². The molecule has 21 heavy (non-hydrogen) atoms. The van der Waals surface area contributed by atoms with Gasteiger partial charge in [0.2, 0.25) is 0 Å². The van der Waals surface area contributed by atoms with Crippen molar-refractivity contribution in [3.8, 4) is 0 Å². The number of aliphatic hydroxyl groups excluding tert-OH is 2. The Bertz CT molecular complexity index is 388. The summed E-state index contributed by atoms with van der Waals surface area (Å²) in [6.45, 7) is 8.07. The molecule has 5 N–H and O–H groups in total. The van der Waals surface area contributed by atoms with Gasteiger partial charge in [0.25, 0.3) is 0 Å². The summed E-state index contributed by atoms with van der Waals surface area (Å²) in [6.07, 6.45) is 3.16. The Morgan fingerprint density at radius 1 is 1.33 bits per heavy atom. The normalized spacial score (nSPS) is 32.7. The van der Waals surface area contributed by atoms with E-state index in [1.807, 2.05) is 6.20 Å². The molecule has 0 aromatic carbocycles. The Morgan fingerprint density at radius 3 is 2.52 bits per heavy atom. The molecule has 6 nitrogen and oxygen atoms in total. The lowest BCUT2D eigenvalue weighted by molar-refractivity contribution is -0.0362. The van der Waals surface area contributed by atoms with E-state index >= 15 is 0 Å². The van der Waals surface area contributed by atoms with Gasteiger partial charge in [-0.2, -0.15) is 0 Å². The second-order valence-electron chi connectivity index (χ2n) is 6.09. The fourth-order valence-corrected chi connectivity index (χ4v) is 2.58. The first kappa shape index (κ1) is 16.3. The van der Waals surface area contributed by atoms with Crippen LogP contribution in [0.4, 0.5) is 0 Å². The molecule has 0 spiro atoms. The lowest BCUT2D eigenvalue weighted by Crippen LogP contribution is -2.51. The third-order valence-electron chi connectivity index (χ3n) is 3.86. The molecule has 6 heteroatoms. The van der Waals surface area contributed by atoms with Crippen molar-refractivity contribution < 1.29 is 14.9 Å². The maximum atomic E-state index is 9.79. The molecule has 2 rings (SSSR count). The minimum atomic E-state index is -0.612. The zero-order valence-electron chi connectivity index (χ0n) is 12.8. The number of aliphatic hydroxyl groups is 2. The highest BCUT2D eigenvalue weighted by Gasteiger charge is 2.36. The molecule has 3 atom stereocenters. The second-order valence-corrected chi connectivity index (χ2v) is 6.09. The van der Waals surface area contributed by atoms with E-state index in [1.165, 1.54) is 0 Å². The standard InChI is InChI=1S/C15H27N3O3/c1-9(2)17-18-14-7-4-11(8-16-14)10(3)21-15-12(19)5-6-13(15)20/h8-9,12-20H,3-7H2,1-2H3. The summed E-state index contributed by atoms with van der Waals surface area (Å²) in [4.78, 5) is 0. The topological polar surface area (TPSA) is 85.8 Å². The van der Waals surface area contributed by atoms with Gasteiger partial charge in [-0.15, -0.1) is 0 Å². The summed E-state index contributed by atoms with van der Waals surface area (Å²) in [5, 5.41) is 22.8. The summed E-state index contributed by atoms with van der Waals surface area (Å²) >= 11 is 0. The maximum absolute atomic E-state index is 9.79. The molecule has 2 aliphatic rings. The van der Waals surface area contributed by atoms with Crippen molar-refractivity contribution in [1.82, 2.24) is 16.2 Å².